The molecule has 18 heavy (non-hydrogen) atoms. The summed E-state index contributed by atoms with van der Waals surface area (Å²) >= 11 is 0. The van der Waals surface area contributed by atoms with Crippen LogP contribution in [0, 0.1) is 0 Å². The lowest BCUT2D eigenvalue weighted by atomic mass is 10.1. The van der Waals surface area contributed by atoms with E-state index in [-0.39, 0.29) is 6.42 Å². The van der Waals surface area contributed by atoms with E-state index in [2.05, 4.69) is 11.9 Å². The van der Waals surface area contributed by atoms with Crippen molar-refractivity contribution in [3.63, 3.8) is 0 Å². The fraction of sp³-hybridized carbons (Fsp3) is 0.231. The minimum absolute atomic E-state index is 0.0998. The van der Waals surface area contributed by atoms with Crippen LogP contribution < -0.4 is 5.32 Å². The second-order valence-electron chi connectivity index (χ2n) is 3.74. The summed E-state index contributed by atoms with van der Waals surface area (Å²) in [4.78, 5) is 22.5. The van der Waals surface area contributed by atoms with Crippen molar-refractivity contribution in [1.82, 2.24) is 5.32 Å². The highest BCUT2D eigenvalue weighted by molar-refractivity contribution is 5.87. The van der Waals surface area contributed by atoms with Gasteiger partial charge in [0.1, 0.15) is 6.04 Å². The number of hydrogen-bond acceptors (Lipinski definition) is 3. The Labute approximate surface area is 105 Å². The van der Waals surface area contributed by atoms with E-state index in [1.807, 2.05) is 0 Å². The Hall–Kier alpha value is -2.14. The number of rotatable bonds is 6. The number of hydrogen-bond donors (Lipinski definition) is 3. The Morgan fingerprint density at radius 3 is 2.44 bits per heavy atom. The van der Waals surface area contributed by atoms with E-state index >= 15 is 0 Å². The fourth-order valence-corrected chi connectivity index (χ4v) is 1.43. The Morgan fingerprint density at radius 2 is 1.94 bits per heavy atom. The maximum Gasteiger partial charge on any atom is 0.326 e. The summed E-state index contributed by atoms with van der Waals surface area (Å²) in [6, 6.07) is 7.23. The van der Waals surface area contributed by atoms with Gasteiger partial charge in [-0.2, -0.15) is 0 Å². The minimum atomic E-state index is -1.38. The molecule has 0 spiro atoms. The summed E-state index contributed by atoms with van der Waals surface area (Å²) in [5, 5.41) is 20.9. The Morgan fingerprint density at radius 1 is 1.33 bits per heavy atom. The molecule has 0 bridgehead atoms. The number of aliphatic hydroxyl groups is 1. The largest absolute Gasteiger partial charge is 0.480 e. The highest BCUT2D eigenvalue weighted by Crippen LogP contribution is 2.12. The van der Waals surface area contributed by atoms with Crippen molar-refractivity contribution in [2.45, 2.75) is 18.6 Å². The molecule has 0 aliphatic heterocycles. The molecule has 1 aromatic rings. The molecule has 0 aliphatic carbocycles. The normalized spacial score (nSPS) is 13.4. The zero-order valence-corrected chi connectivity index (χ0v) is 9.74. The third kappa shape index (κ3) is 3.71. The number of aliphatic carboxylic acids is 1. The zero-order valence-electron chi connectivity index (χ0n) is 9.74. The third-order valence-corrected chi connectivity index (χ3v) is 2.38. The van der Waals surface area contributed by atoms with Crippen molar-refractivity contribution in [2.24, 2.45) is 0 Å². The monoisotopic (exact) mass is 249 g/mol. The van der Waals surface area contributed by atoms with E-state index in [1.54, 1.807) is 30.3 Å². The molecular formula is C13H15NO4. The number of carboxylic acid groups (broad SMARTS) is 1. The van der Waals surface area contributed by atoms with Crippen molar-refractivity contribution in [3.05, 3.63) is 48.6 Å². The first-order valence-electron chi connectivity index (χ1n) is 5.43. The van der Waals surface area contributed by atoms with Gasteiger partial charge in [-0.15, -0.1) is 6.58 Å². The van der Waals surface area contributed by atoms with Gasteiger partial charge >= 0.3 is 5.97 Å². The van der Waals surface area contributed by atoms with Gasteiger partial charge in [0.05, 0.1) is 0 Å². The fourth-order valence-electron chi connectivity index (χ4n) is 1.43. The maximum atomic E-state index is 11.7. The second kappa shape index (κ2) is 6.56. The van der Waals surface area contributed by atoms with Crippen LogP contribution in [0.2, 0.25) is 0 Å². The van der Waals surface area contributed by atoms with Crippen LogP contribution in [-0.2, 0) is 9.59 Å². The molecule has 0 fully saturated rings. The average Bonchev–Trinajstić information content (AvgIpc) is 2.38. The van der Waals surface area contributed by atoms with Crippen LogP contribution in [0.15, 0.2) is 43.0 Å². The van der Waals surface area contributed by atoms with E-state index in [0.717, 1.165) is 0 Å². The van der Waals surface area contributed by atoms with Gasteiger partial charge in [-0.3, -0.25) is 4.79 Å². The number of amides is 1. The van der Waals surface area contributed by atoms with Gasteiger partial charge in [-0.25, -0.2) is 4.79 Å². The molecule has 0 heterocycles. The highest BCUT2D eigenvalue weighted by Gasteiger charge is 2.23. The molecule has 2 atom stereocenters. The average molecular weight is 249 g/mol. The number of carbonyl (C=O) groups is 2. The Kier molecular flexibility index (Phi) is 5.07. The molecule has 0 unspecified atom stereocenters. The van der Waals surface area contributed by atoms with E-state index in [9.17, 15) is 14.7 Å². The topological polar surface area (TPSA) is 86.6 Å². The van der Waals surface area contributed by atoms with Gasteiger partial charge in [0, 0.05) is 0 Å². The molecule has 1 amide bonds. The van der Waals surface area contributed by atoms with Crippen LogP contribution >= 0.6 is 0 Å². The molecule has 1 aromatic carbocycles. The number of nitrogens with one attached hydrogen (secondary N) is 1. The highest BCUT2D eigenvalue weighted by atomic mass is 16.4. The molecule has 3 N–H and O–H groups in total. The predicted octanol–water partition coefficient (Wildman–Crippen LogP) is 0.865. The summed E-state index contributed by atoms with van der Waals surface area (Å²) in [5.41, 5.74) is 0.415. The van der Waals surface area contributed by atoms with Crippen molar-refractivity contribution >= 4 is 11.9 Å². The van der Waals surface area contributed by atoms with E-state index in [0.29, 0.717) is 5.56 Å². The Bertz CT molecular complexity index is 430. The van der Waals surface area contributed by atoms with Gasteiger partial charge < -0.3 is 15.5 Å². The van der Waals surface area contributed by atoms with Crippen LogP contribution in [0.1, 0.15) is 18.1 Å². The van der Waals surface area contributed by atoms with E-state index < -0.39 is 24.0 Å². The molecule has 0 radical (unpaired) electrons. The van der Waals surface area contributed by atoms with Crippen molar-refractivity contribution < 1.29 is 19.8 Å². The van der Waals surface area contributed by atoms with Gasteiger partial charge in [0.15, 0.2) is 6.10 Å². The van der Waals surface area contributed by atoms with Gasteiger partial charge in [-0.05, 0) is 12.0 Å². The lowest BCUT2D eigenvalue weighted by Crippen LogP contribution is -2.42. The van der Waals surface area contributed by atoms with E-state index in [4.69, 9.17) is 5.11 Å². The smallest absolute Gasteiger partial charge is 0.326 e. The van der Waals surface area contributed by atoms with Gasteiger partial charge in [0.25, 0.3) is 5.91 Å². The quantitative estimate of drug-likeness (QED) is 0.653. The molecular weight excluding hydrogens is 234 g/mol. The maximum absolute atomic E-state index is 11.7. The summed E-state index contributed by atoms with van der Waals surface area (Å²) in [6.45, 7) is 3.42. The first-order chi connectivity index (χ1) is 8.56. The van der Waals surface area contributed by atoms with Crippen molar-refractivity contribution in [1.29, 1.82) is 0 Å². The SMILES string of the molecule is C=CC[C@H](NC(=O)[C@@H](O)c1ccccc1)C(=O)O. The van der Waals surface area contributed by atoms with Gasteiger partial charge in [-0.1, -0.05) is 36.4 Å². The second-order valence-corrected chi connectivity index (χ2v) is 3.74. The number of carbonyl (C=O) groups excluding carboxylic acids is 1. The minimum Gasteiger partial charge on any atom is -0.480 e. The van der Waals surface area contributed by atoms with Crippen molar-refractivity contribution in [2.75, 3.05) is 0 Å². The molecule has 96 valence electrons. The van der Waals surface area contributed by atoms with Crippen LogP contribution in [0.5, 0.6) is 0 Å². The number of benzene rings is 1. The molecule has 5 heteroatoms. The zero-order chi connectivity index (χ0) is 13.5. The predicted molar refractivity (Wildman–Crippen MR) is 65.8 cm³/mol. The standard InChI is InChI=1S/C13H15NO4/c1-2-6-10(13(17)18)14-12(16)11(15)9-7-4-3-5-8-9/h2-5,7-8,10-11,15H,1,6H2,(H,14,16)(H,17,18)/t10-,11-/m0/s1. The van der Waals surface area contributed by atoms with Gasteiger partial charge in [0.2, 0.25) is 0 Å². The molecule has 0 saturated carbocycles. The number of aliphatic hydroxyl groups excluding tert-OH is 1. The summed E-state index contributed by atoms with van der Waals surface area (Å²) in [5.74, 6) is -1.90. The first-order valence-corrected chi connectivity index (χ1v) is 5.43. The van der Waals surface area contributed by atoms with E-state index in [1.165, 1.54) is 6.08 Å². The number of carboxylic acids is 1. The third-order valence-electron chi connectivity index (χ3n) is 2.38. The van der Waals surface area contributed by atoms with Crippen LogP contribution in [0.3, 0.4) is 0 Å². The van der Waals surface area contributed by atoms with Crippen LogP contribution in [-0.4, -0.2) is 28.1 Å². The molecule has 0 aliphatic rings. The van der Waals surface area contributed by atoms with Crippen LogP contribution in [0.4, 0.5) is 0 Å². The lowest BCUT2D eigenvalue weighted by molar-refractivity contribution is -0.143. The summed E-state index contributed by atoms with van der Waals surface area (Å²) in [6.07, 6.45) is 0.120. The molecule has 5 nitrogen and oxygen atoms in total. The lowest BCUT2D eigenvalue weighted by Gasteiger charge is -2.16. The van der Waals surface area contributed by atoms with Crippen LogP contribution in [0.25, 0.3) is 0 Å². The molecule has 0 aromatic heterocycles. The Balaban J connectivity index is 2.70. The molecule has 1 rings (SSSR count). The molecule has 0 saturated heterocycles. The summed E-state index contributed by atoms with van der Waals surface area (Å²) in [7, 11) is 0. The van der Waals surface area contributed by atoms with Crippen molar-refractivity contribution in [3.8, 4) is 0 Å². The first kappa shape index (κ1) is 13.9. The summed E-state index contributed by atoms with van der Waals surface area (Å²) < 4.78 is 0.